The maximum Gasteiger partial charge on any atom is 0.352 e. The Labute approximate surface area is 110 Å². The predicted octanol–water partition coefficient (Wildman–Crippen LogP) is 3.27. The molecule has 0 aliphatic rings. The average Bonchev–Trinajstić information content (AvgIpc) is 2.53. The van der Waals surface area contributed by atoms with E-state index < -0.39 is 5.97 Å². The number of nitrogens with zero attached hydrogens (tertiary/aromatic N) is 2. The third kappa shape index (κ3) is 2.34. The van der Waals surface area contributed by atoms with Crippen molar-refractivity contribution >= 4 is 23.1 Å². The molecule has 0 saturated heterocycles. The van der Waals surface area contributed by atoms with Gasteiger partial charge in [-0.3, -0.25) is 4.40 Å². The molecule has 96 valence electrons. The Morgan fingerprint density at radius 3 is 2.67 bits per heavy atom. The van der Waals surface area contributed by atoms with Gasteiger partial charge in [-0.15, -0.1) is 0 Å². The van der Waals surface area contributed by atoms with E-state index >= 15 is 0 Å². The molecule has 2 aromatic heterocycles. The molecule has 0 fully saturated rings. The van der Waals surface area contributed by atoms with Crippen molar-refractivity contribution in [1.82, 2.24) is 9.38 Å². The van der Waals surface area contributed by atoms with E-state index in [1.165, 1.54) is 0 Å². The minimum atomic E-state index is -0.982. The number of carbonyl (C=O) groups is 1. The molecule has 0 amide bonds. The molecular weight excluding hydrogens is 252 g/mol. The van der Waals surface area contributed by atoms with Gasteiger partial charge in [-0.05, 0) is 17.5 Å². The summed E-state index contributed by atoms with van der Waals surface area (Å²) in [5.74, 6) is -0.301. The highest BCUT2D eigenvalue weighted by Gasteiger charge is 2.20. The highest BCUT2D eigenvalue weighted by atomic mass is 35.5. The van der Waals surface area contributed by atoms with Crippen LogP contribution in [0.25, 0.3) is 5.52 Å². The van der Waals surface area contributed by atoms with Gasteiger partial charge < -0.3 is 5.11 Å². The van der Waals surface area contributed by atoms with Gasteiger partial charge in [-0.1, -0.05) is 38.4 Å². The summed E-state index contributed by atoms with van der Waals surface area (Å²) >= 11 is 6.06. The smallest absolute Gasteiger partial charge is 0.352 e. The number of carboxylic acid groups (broad SMARTS) is 1. The first-order chi connectivity index (χ1) is 8.29. The number of rotatable bonds is 2. The molecule has 18 heavy (non-hydrogen) atoms. The number of aromatic nitrogens is 2. The summed E-state index contributed by atoms with van der Waals surface area (Å²) in [4.78, 5) is 15.5. The second-order valence-electron chi connectivity index (χ2n) is 5.49. The molecule has 1 N–H and O–H groups in total. The molecular formula is C13H15ClN2O2. The molecule has 5 heteroatoms. The Bertz CT molecular complexity index is 611. The zero-order chi connectivity index (χ0) is 13.5. The molecule has 4 nitrogen and oxygen atoms in total. The summed E-state index contributed by atoms with van der Waals surface area (Å²) in [6.07, 6.45) is 0.658. The molecule has 0 spiro atoms. The quantitative estimate of drug-likeness (QED) is 0.908. The van der Waals surface area contributed by atoms with Crippen LogP contribution >= 0.6 is 11.6 Å². The number of carboxylic acids is 1. The summed E-state index contributed by atoms with van der Waals surface area (Å²) in [7, 11) is 0. The van der Waals surface area contributed by atoms with Gasteiger partial charge in [-0.25, -0.2) is 9.78 Å². The third-order valence-corrected chi connectivity index (χ3v) is 2.87. The first kappa shape index (κ1) is 12.9. The Balaban J connectivity index is 2.70. The fraction of sp³-hybridized carbons (Fsp3) is 0.385. The largest absolute Gasteiger partial charge is 0.477 e. The van der Waals surface area contributed by atoms with Crippen LogP contribution in [0.5, 0.6) is 0 Å². The zero-order valence-corrected chi connectivity index (χ0v) is 11.3. The summed E-state index contributed by atoms with van der Waals surface area (Å²) in [6.45, 7) is 6.22. The second-order valence-corrected chi connectivity index (χ2v) is 5.85. The fourth-order valence-electron chi connectivity index (χ4n) is 1.93. The fourth-order valence-corrected chi connectivity index (χ4v) is 2.17. The van der Waals surface area contributed by atoms with Gasteiger partial charge in [0.2, 0.25) is 0 Å². The van der Waals surface area contributed by atoms with Crippen molar-refractivity contribution in [2.75, 3.05) is 0 Å². The van der Waals surface area contributed by atoms with E-state index in [0.717, 1.165) is 0 Å². The number of pyridine rings is 1. The molecule has 0 bridgehead atoms. The monoisotopic (exact) mass is 266 g/mol. The van der Waals surface area contributed by atoms with Crippen molar-refractivity contribution in [2.45, 2.75) is 27.2 Å². The van der Waals surface area contributed by atoms with Gasteiger partial charge in [0.15, 0.2) is 5.15 Å². The van der Waals surface area contributed by atoms with Crippen LogP contribution in [0.2, 0.25) is 5.15 Å². The van der Waals surface area contributed by atoms with Crippen molar-refractivity contribution < 1.29 is 9.90 Å². The first-order valence-electron chi connectivity index (χ1n) is 5.69. The Hall–Kier alpha value is -1.55. The summed E-state index contributed by atoms with van der Waals surface area (Å²) in [5.41, 5.74) is 0.831. The molecule has 0 aliphatic heterocycles. The Kier molecular flexibility index (Phi) is 3.07. The lowest BCUT2D eigenvalue weighted by atomic mass is 9.92. The number of halogens is 1. The van der Waals surface area contributed by atoms with Crippen LogP contribution < -0.4 is 0 Å². The van der Waals surface area contributed by atoms with Gasteiger partial charge in [0.25, 0.3) is 0 Å². The average molecular weight is 267 g/mol. The van der Waals surface area contributed by atoms with Crippen LogP contribution in [-0.2, 0) is 6.42 Å². The standard InChI is InChI=1S/C13H15ClN2O2/c1-13(2,3)7-10-15-11(14)8-5-4-6-9(12(17)18)16(8)10/h4-6H,7H2,1-3H3,(H,17,18). The van der Waals surface area contributed by atoms with Crippen LogP contribution in [0.4, 0.5) is 0 Å². The van der Waals surface area contributed by atoms with Crippen molar-refractivity contribution in [2.24, 2.45) is 5.41 Å². The van der Waals surface area contributed by atoms with Crippen LogP contribution in [-0.4, -0.2) is 20.5 Å². The van der Waals surface area contributed by atoms with E-state index in [2.05, 4.69) is 25.8 Å². The maximum atomic E-state index is 11.3. The van der Waals surface area contributed by atoms with Gasteiger partial charge >= 0.3 is 5.97 Å². The molecule has 0 saturated carbocycles. The molecule has 0 unspecified atom stereocenters. The molecule has 0 aromatic carbocycles. The normalized spacial score (nSPS) is 12.0. The number of aromatic carboxylic acids is 1. The van der Waals surface area contributed by atoms with Crippen LogP contribution in [0.3, 0.4) is 0 Å². The number of hydrogen-bond donors (Lipinski definition) is 1. The van der Waals surface area contributed by atoms with Crippen molar-refractivity contribution in [3.63, 3.8) is 0 Å². The molecule has 0 radical (unpaired) electrons. The number of hydrogen-bond acceptors (Lipinski definition) is 2. The third-order valence-electron chi connectivity index (χ3n) is 2.59. The minimum absolute atomic E-state index is 0.0101. The number of fused-ring (bicyclic) bond motifs is 1. The van der Waals surface area contributed by atoms with Gasteiger partial charge in [0.05, 0.1) is 5.52 Å². The van der Waals surface area contributed by atoms with Gasteiger partial charge in [0.1, 0.15) is 11.5 Å². The molecule has 2 heterocycles. The first-order valence-corrected chi connectivity index (χ1v) is 6.06. The van der Waals surface area contributed by atoms with E-state index in [9.17, 15) is 9.90 Å². The molecule has 0 atom stereocenters. The van der Waals surface area contributed by atoms with E-state index in [1.54, 1.807) is 22.6 Å². The summed E-state index contributed by atoms with van der Waals surface area (Å²) < 4.78 is 1.62. The van der Waals surface area contributed by atoms with E-state index in [4.69, 9.17) is 11.6 Å². The van der Waals surface area contributed by atoms with E-state index in [0.29, 0.717) is 22.9 Å². The van der Waals surface area contributed by atoms with Crippen molar-refractivity contribution in [3.8, 4) is 0 Å². The molecule has 2 aromatic rings. The topological polar surface area (TPSA) is 54.6 Å². The van der Waals surface area contributed by atoms with Crippen molar-refractivity contribution in [3.05, 3.63) is 34.9 Å². The van der Waals surface area contributed by atoms with Crippen LogP contribution in [0.1, 0.15) is 37.1 Å². The highest BCUT2D eigenvalue weighted by Crippen LogP contribution is 2.26. The molecule has 0 aliphatic carbocycles. The summed E-state index contributed by atoms with van der Waals surface area (Å²) in [5, 5.41) is 9.57. The maximum absolute atomic E-state index is 11.3. The van der Waals surface area contributed by atoms with Crippen molar-refractivity contribution in [1.29, 1.82) is 0 Å². The lowest BCUT2D eigenvalue weighted by Crippen LogP contribution is -2.14. The number of imidazole rings is 1. The lowest BCUT2D eigenvalue weighted by molar-refractivity contribution is 0.0688. The Morgan fingerprint density at radius 1 is 1.44 bits per heavy atom. The van der Waals surface area contributed by atoms with E-state index in [1.807, 2.05) is 0 Å². The highest BCUT2D eigenvalue weighted by molar-refractivity contribution is 6.32. The predicted molar refractivity (Wildman–Crippen MR) is 70.3 cm³/mol. The lowest BCUT2D eigenvalue weighted by Gasteiger charge is -2.17. The molecule has 2 rings (SSSR count). The zero-order valence-electron chi connectivity index (χ0n) is 10.6. The SMILES string of the molecule is CC(C)(C)Cc1nc(Cl)c2cccc(C(=O)O)n12. The van der Waals surface area contributed by atoms with E-state index in [-0.39, 0.29) is 11.1 Å². The minimum Gasteiger partial charge on any atom is -0.477 e. The Morgan fingerprint density at radius 2 is 2.11 bits per heavy atom. The summed E-state index contributed by atoms with van der Waals surface area (Å²) in [6, 6.07) is 5.00. The van der Waals surface area contributed by atoms with Gasteiger partial charge in [-0.2, -0.15) is 0 Å². The van der Waals surface area contributed by atoms with Crippen LogP contribution in [0, 0.1) is 5.41 Å². The van der Waals surface area contributed by atoms with Gasteiger partial charge in [0, 0.05) is 6.42 Å². The second kappa shape index (κ2) is 4.28. The van der Waals surface area contributed by atoms with Crippen LogP contribution in [0.15, 0.2) is 18.2 Å².